The summed E-state index contributed by atoms with van der Waals surface area (Å²) in [7, 11) is 0. The summed E-state index contributed by atoms with van der Waals surface area (Å²) in [6.07, 6.45) is 8.42. The van der Waals surface area contributed by atoms with E-state index in [9.17, 15) is 9.18 Å². The molecule has 0 saturated carbocycles. The molecule has 0 aliphatic carbocycles. The highest BCUT2D eigenvalue weighted by Gasteiger charge is 2.19. The SMILES string of the molecule is CC(=O)Cc1cccc(-c2nccnc2C2=CCN(c3cnc4ccc(F)cc4n3)CC2)c1. The van der Waals surface area contributed by atoms with E-state index < -0.39 is 0 Å². The van der Waals surface area contributed by atoms with E-state index in [1.165, 1.54) is 12.1 Å². The highest BCUT2D eigenvalue weighted by molar-refractivity contribution is 5.81. The highest BCUT2D eigenvalue weighted by Crippen LogP contribution is 2.30. The monoisotopic (exact) mass is 439 g/mol. The zero-order valence-electron chi connectivity index (χ0n) is 18.2. The largest absolute Gasteiger partial charge is 0.351 e. The fraction of sp³-hybridized carbons (Fsp3) is 0.192. The molecule has 6 nitrogen and oxygen atoms in total. The number of carbonyl (C=O) groups is 1. The van der Waals surface area contributed by atoms with Gasteiger partial charge in [-0.2, -0.15) is 0 Å². The topological polar surface area (TPSA) is 71.9 Å². The van der Waals surface area contributed by atoms with Gasteiger partial charge >= 0.3 is 0 Å². The first-order valence-electron chi connectivity index (χ1n) is 10.8. The summed E-state index contributed by atoms with van der Waals surface area (Å²) in [6, 6.07) is 12.3. The van der Waals surface area contributed by atoms with Gasteiger partial charge < -0.3 is 4.90 Å². The summed E-state index contributed by atoms with van der Waals surface area (Å²) in [5.41, 5.74) is 5.90. The van der Waals surface area contributed by atoms with E-state index in [4.69, 9.17) is 0 Å². The van der Waals surface area contributed by atoms with Crippen LogP contribution in [0.2, 0.25) is 0 Å². The van der Waals surface area contributed by atoms with Crippen molar-refractivity contribution in [3.05, 3.63) is 84.2 Å². The van der Waals surface area contributed by atoms with E-state index in [1.807, 2.05) is 24.3 Å². The third-order valence-electron chi connectivity index (χ3n) is 5.68. The quantitative estimate of drug-likeness (QED) is 0.451. The van der Waals surface area contributed by atoms with Crippen LogP contribution in [0.5, 0.6) is 0 Å². The molecule has 0 amide bonds. The lowest BCUT2D eigenvalue weighted by Gasteiger charge is -2.27. The average Bonchev–Trinajstić information content (AvgIpc) is 2.83. The third kappa shape index (κ3) is 4.48. The van der Waals surface area contributed by atoms with Crippen LogP contribution in [0.15, 0.2) is 67.1 Å². The Labute approximate surface area is 190 Å². The van der Waals surface area contributed by atoms with Gasteiger partial charge in [-0.05, 0) is 42.7 Å². The number of carbonyl (C=O) groups excluding carboxylic acids is 1. The van der Waals surface area contributed by atoms with Crippen molar-refractivity contribution in [2.75, 3.05) is 18.0 Å². The van der Waals surface area contributed by atoms with Crippen molar-refractivity contribution in [2.24, 2.45) is 0 Å². The molecule has 0 atom stereocenters. The molecular weight excluding hydrogens is 417 g/mol. The first-order chi connectivity index (χ1) is 16.1. The molecule has 2 aromatic carbocycles. The summed E-state index contributed by atoms with van der Waals surface area (Å²) < 4.78 is 13.6. The van der Waals surface area contributed by atoms with Crippen molar-refractivity contribution >= 4 is 28.2 Å². The lowest BCUT2D eigenvalue weighted by molar-refractivity contribution is -0.116. The van der Waals surface area contributed by atoms with Gasteiger partial charge in [0.05, 0.1) is 28.6 Å². The smallest absolute Gasteiger partial charge is 0.148 e. The van der Waals surface area contributed by atoms with E-state index in [0.29, 0.717) is 24.0 Å². The van der Waals surface area contributed by atoms with Gasteiger partial charge in [-0.3, -0.25) is 19.7 Å². The van der Waals surface area contributed by atoms with Crippen LogP contribution in [0.4, 0.5) is 10.2 Å². The first kappa shape index (κ1) is 20.9. The van der Waals surface area contributed by atoms with Crippen LogP contribution in [-0.2, 0) is 11.2 Å². The van der Waals surface area contributed by atoms with Gasteiger partial charge in [-0.25, -0.2) is 9.37 Å². The molecule has 1 aliphatic heterocycles. The molecule has 33 heavy (non-hydrogen) atoms. The van der Waals surface area contributed by atoms with E-state index in [0.717, 1.165) is 46.9 Å². The number of nitrogens with zero attached hydrogens (tertiary/aromatic N) is 5. The fourth-order valence-electron chi connectivity index (χ4n) is 4.12. The molecule has 164 valence electrons. The first-order valence-corrected chi connectivity index (χ1v) is 10.8. The van der Waals surface area contributed by atoms with Crippen LogP contribution in [0.3, 0.4) is 0 Å². The average molecular weight is 439 g/mol. The number of benzene rings is 2. The molecule has 4 aromatic rings. The maximum Gasteiger partial charge on any atom is 0.148 e. The molecule has 0 fully saturated rings. The standard InChI is InChI=1S/C26H22FN5O/c1-17(33)13-18-3-2-4-20(14-18)26-25(28-9-10-29-26)19-7-11-32(12-8-19)24-16-30-22-6-5-21(27)15-23(22)31-24/h2-7,9-10,14-16H,8,11-13H2,1H3. The van der Waals surface area contributed by atoms with Crippen LogP contribution in [0, 0.1) is 5.82 Å². The summed E-state index contributed by atoms with van der Waals surface area (Å²) in [6.45, 7) is 2.97. The van der Waals surface area contributed by atoms with Crippen LogP contribution in [-0.4, -0.2) is 38.8 Å². The maximum atomic E-state index is 13.6. The number of ketones is 1. The van der Waals surface area contributed by atoms with Crippen LogP contribution < -0.4 is 4.90 Å². The van der Waals surface area contributed by atoms with Gasteiger partial charge in [-0.15, -0.1) is 0 Å². The lowest BCUT2D eigenvalue weighted by Crippen LogP contribution is -2.29. The third-order valence-corrected chi connectivity index (χ3v) is 5.68. The number of halogens is 1. The molecule has 1 aliphatic rings. The Hall–Kier alpha value is -4.00. The normalized spacial score (nSPS) is 13.8. The van der Waals surface area contributed by atoms with E-state index in [2.05, 4.69) is 30.9 Å². The Bertz CT molecular complexity index is 1380. The van der Waals surface area contributed by atoms with Crippen molar-refractivity contribution < 1.29 is 9.18 Å². The van der Waals surface area contributed by atoms with E-state index >= 15 is 0 Å². The molecule has 0 radical (unpaired) electrons. The number of anilines is 1. The molecule has 0 unspecified atom stereocenters. The molecular formula is C26H22FN5O. The van der Waals surface area contributed by atoms with Crippen molar-refractivity contribution in [1.29, 1.82) is 0 Å². The Morgan fingerprint density at radius 2 is 1.88 bits per heavy atom. The molecule has 0 N–H and O–H groups in total. The van der Waals surface area contributed by atoms with Crippen molar-refractivity contribution in [2.45, 2.75) is 19.8 Å². The summed E-state index contributed by atoms with van der Waals surface area (Å²) in [5.74, 6) is 0.526. The second-order valence-corrected chi connectivity index (χ2v) is 8.12. The second kappa shape index (κ2) is 8.86. The number of aromatic nitrogens is 4. The van der Waals surface area contributed by atoms with E-state index in [1.54, 1.807) is 31.6 Å². The molecule has 5 rings (SSSR count). The predicted molar refractivity (Wildman–Crippen MR) is 126 cm³/mol. The molecule has 7 heteroatoms. The Morgan fingerprint density at radius 3 is 2.67 bits per heavy atom. The highest BCUT2D eigenvalue weighted by atomic mass is 19.1. The number of fused-ring (bicyclic) bond motifs is 1. The summed E-state index contributed by atoms with van der Waals surface area (Å²) in [5, 5.41) is 0. The van der Waals surface area contributed by atoms with Gasteiger partial charge in [0.2, 0.25) is 0 Å². The predicted octanol–water partition coefficient (Wildman–Crippen LogP) is 4.65. The minimum absolute atomic E-state index is 0.126. The van der Waals surface area contributed by atoms with Gasteiger partial charge in [0, 0.05) is 43.5 Å². The minimum Gasteiger partial charge on any atom is -0.351 e. The Kier molecular flexibility index (Phi) is 5.60. The zero-order chi connectivity index (χ0) is 22.8. The Morgan fingerprint density at radius 1 is 1.03 bits per heavy atom. The van der Waals surface area contributed by atoms with Gasteiger partial charge in [0.15, 0.2) is 0 Å². The fourth-order valence-corrected chi connectivity index (χ4v) is 4.12. The molecule has 0 saturated heterocycles. The molecule has 0 bridgehead atoms. The van der Waals surface area contributed by atoms with E-state index in [-0.39, 0.29) is 11.6 Å². The van der Waals surface area contributed by atoms with Crippen LogP contribution in [0.1, 0.15) is 24.6 Å². The minimum atomic E-state index is -0.322. The lowest BCUT2D eigenvalue weighted by atomic mass is 9.97. The van der Waals surface area contributed by atoms with Crippen LogP contribution in [0.25, 0.3) is 27.9 Å². The van der Waals surface area contributed by atoms with Gasteiger partial charge in [0.25, 0.3) is 0 Å². The maximum absolute atomic E-state index is 13.6. The Balaban J connectivity index is 1.42. The van der Waals surface area contributed by atoms with Crippen molar-refractivity contribution in [3.8, 4) is 11.3 Å². The zero-order valence-corrected chi connectivity index (χ0v) is 18.2. The number of Topliss-reactive ketones (excluding diaryl/α,β-unsaturated/α-hetero) is 1. The van der Waals surface area contributed by atoms with Crippen molar-refractivity contribution in [3.63, 3.8) is 0 Å². The number of rotatable bonds is 5. The van der Waals surface area contributed by atoms with Crippen molar-refractivity contribution in [1.82, 2.24) is 19.9 Å². The molecule has 2 aromatic heterocycles. The van der Waals surface area contributed by atoms with Crippen LogP contribution >= 0.6 is 0 Å². The summed E-state index contributed by atoms with van der Waals surface area (Å²) in [4.78, 5) is 31.9. The van der Waals surface area contributed by atoms with Gasteiger partial charge in [-0.1, -0.05) is 24.3 Å². The second-order valence-electron chi connectivity index (χ2n) is 8.12. The summed E-state index contributed by atoms with van der Waals surface area (Å²) >= 11 is 0. The number of hydrogen-bond donors (Lipinski definition) is 0. The molecule has 0 spiro atoms. The molecule has 3 heterocycles. The van der Waals surface area contributed by atoms with Gasteiger partial charge in [0.1, 0.15) is 17.4 Å². The number of hydrogen-bond acceptors (Lipinski definition) is 6.